The number of hydrogen-bond acceptors (Lipinski definition) is 8. The summed E-state index contributed by atoms with van der Waals surface area (Å²) in [5.41, 5.74) is 1.50. The molecular weight excluding hydrogens is 360 g/mol. The van der Waals surface area contributed by atoms with Gasteiger partial charge in [0.2, 0.25) is 5.95 Å². The number of anilines is 2. The second-order valence-corrected chi connectivity index (χ2v) is 7.85. The summed E-state index contributed by atoms with van der Waals surface area (Å²) in [7, 11) is 0. The maximum Gasteiger partial charge on any atom is 0.273 e. The first-order chi connectivity index (χ1) is 13.6. The number of amides is 1. The number of nitrogens with zero attached hydrogens (tertiary/aromatic N) is 6. The van der Waals surface area contributed by atoms with Crippen molar-refractivity contribution < 1.29 is 14.6 Å². The van der Waals surface area contributed by atoms with Gasteiger partial charge in [-0.25, -0.2) is 4.98 Å². The molecule has 154 valence electrons. The molecule has 9 nitrogen and oxygen atoms in total. The van der Waals surface area contributed by atoms with Crippen LogP contribution in [0.3, 0.4) is 0 Å². The van der Waals surface area contributed by atoms with Crippen LogP contribution >= 0.6 is 0 Å². The predicted octanol–water partition coefficient (Wildman–Crippen LogP) is -0.208. The largest absolute Gasteiger partial charge is 0.395 e. The number of carbonyl (C=O) groups excluding carboxylic acids is 1. The zero-order chi connectivity index (χ0) is 19.7. The van der Waals surface area contributed by atoms with E-state index in [0.29, 0.717) is 37.9 Å². The van der Waals surface area contributed by atoms with Crippen LogP contribution in [0.2, 0.25) is 0 Å². The van der Waals surface area contributed by atoms with Gasteiger partial charge in [-0.05, 0) is 13.8 Å². The number of aliphatic hydroxyl groups is 1. The van der Waals surface area contributed by atoms with Crippen LogP contribution in [0.25, 0.3) is 0 Å². The Balaban J connectivity index is 1.66. The summed E-state index contributed by atoms with van der Waals surface area (Å²) in [5, 5.41) is 9.18. The third-order valence-electron chi connectivity index (χ3n) is 5.77. The Labute approximate surface area is 165 Å². The Morgan fingerprint density at radius 1 is 1.04 bits per heavy atom. The molecule has 0 aromatic carbocycles. The van der Waals surface area contributed by atoms with Gasteiger partial charge in [-0.3, -0.25) is 9.69 Å². The molecule has 0 saturated carbocycles. The smallest absolute Gasteiger partial charge is 0.273 e. The summed E-state index contributed by atoms with van der Waals surface area (Å²) in [5.74, 6) is 1.53. The fraction of sp³-hybridized carbons (Fsp3) is 0.737. The highest BCUT2D eigenvalue weighted by Gasteiger charge is 2.36. The van der Waals surface area contributed by atoms with Crippen molar-refractivity contribution in [3.05, 3.63) is 11.3 Å². The lowest BCUT2D eigenvalue weighted by molar-refractivity contribution is 0.0726. The highest BCUT2D eigenvalue weighted by atomic mass is 16.5. The van der Waals surface area contributed by atoms with E-state index in [-0.39, 0.29) is 18.6 Å². The van der Waals surface area contributed by atoms with Gasteiger partial charge in [0, 0.05) is 57.4 Å². The van der Waals surface area contributed by atoms with E-state index in [0.717, 1.165) is 50.6 Å². The van der Waals surface area contributed by atoms with Crippen LogP contribution in [0.4, 0.5) is 11.8 Å². The van der Waals surface area contributed by atoms with Gasteiger partial charge in [-0.15, -0.1) is 0 Å². The average Bonchev–Trinajstić information content (AvgIpc) is 3.06. The molecule has 1 N–H and O–H groups in total. The molecule has 28 heavy (non-hydrogen) atoms. The molecule has 4 heterocycles. The van der Waals surface area contributed by atoms with E-state index in [1.54, 1.807) is 0 Å². The van der Waals surface area contributed by atoms with Gasteiger partial charge < -0.3 is 24.5 Å². The Bertz CT molecular complexity index is 714. The summed E-state index contributed by atoms with van der Waals surface area (Å²) >= 11 is 0. The van der Waals surface area contributed by atoms with Crippen molar-refractivity contribution in [3.63, 3.8) is 0 Å². The van der Waals surface area contributed by atoms with Crippen LogP contribution < -0.4 is 9.80 Å². The number of carbonyl (C=O) groups is 1. The van der Waals surface area contributed by atoms with Gasteiger partial charge in [-0.2, -0.15) is 4.98 Å². The molecule has 2 fully saturated rings. The van der Waals surface area contributed by atoms with E-state index < -0.39 is 0 Å². The third-order valence-corrected chi connectivity index (χ3v) is 5.77. The first kappa shape index (κ1) is 19.4. The third kappa shape index (κ3) is 3.66. The van der Waals surface area contributed by atoms with Crippen molar-refractivity contribution in [2.45, 2.75) is 26.4 Å². The molecule has 1 amide bonds. The fourth-order valence-electron chi connectivity index (χ4n) is 4.07. The molecular formula is C19H30N6O3. The summed E-state index contributed by atoms with van der Waals surface area (Å²) in [6.07, 6.45) is 0. The second-order valence-electron chi connectivity index (χ2n) is 7.85. The van der Waals surface area contributed by atoms with Gasteiger partial charge in [0.05, 0.1) is 26.4 Å². The Morgan fingerprint density at radius 2 is 1.75 bits per heavy atom. The highest BCUT2D eigenvalue weighted by molar-refractivity contribution is 5.98. The van der Waals surface area contributed by atoms with Crippen LogP contribution in [0.5, 0.6) is 0 Å². The van der Waals surface area contributed by atoms with Crippen LogP contribution in [-0.2, 0) is 11.3 Å². The Kier molecular flexibility index (Phi) is 5.65. The molecule has 0 radical (unpaired) electrons. The topological polar surface area (TPSA) is 85.3 Å². The molecule has 0 unspecified atom stereocenters. The molecule has 3 aliphatic rings. The molecule has 2 saturated heterocycles. The van der Waals surface area contributed by atoms with Gasteiger partial charge in [0.15, 0.2) is 0 Å². The van der Waals surface area contributed by atoms with E-state index in [1.165, 1.54) is 0 Å². The van der Waals surface area contributed by atoms with Crippen molar-refractivity contribution in [1.29, 1.82) is 0 Å². The van der Waals surface area contributed by atoms with E-state index >= 15 is 0 Å². The summed E-state index contributed by atoms with van der Waals surface area (Å²) in [6.45, 7) is 11.8. The lowest BCUT2D eigenvalue weighted by Gasteiger charge is -2.36. The molecule has 9 heteroatoms. The normalized spacial score (nSPS) is 21.0. The number of rotatable bonds is 5. The van der Waals surface area contributed by atoms with Crippen molar-refractivity contribution in [2.75, 3.05) is 75.4 Å². The standard InChI is InChI=1S/C19H30N6O3/c1-14(2)25-13-15-16(18(25)27)20-19(24-8-11-28-12-9-24)21-17(15)23-5-3-22(4-6-23)7-10-26/h14,26H,3-13H2,1-2H3. The number of hydrogen-bond donors (Lipinski definition) is 1. The number of aliphatic hydroxyl groups excluding tert-OH is 1. The minimum absolute atomic E-state index is 0.00192. The molecule has 1 aromatic heterocycles. The predicted molar refractivity (Wildman–Crippen MR) is 106 cm³/mol. The number of aromatic nitrogens is 2. The van der Waals surface area contributed by atoms with E-state index in [2.05, 4.69) is 19.7 Å². The summed E-state index contributed by atoms with van der Waals surface area (Å²) in [4.78, 5) is 31.1. The monoisotopic (exact) mass is 390 g/mol. The minimum atomic E-state index is 0.00192. The zero-order valence-electron chi connectivity index (χ0n) is 16.8. The summed E-state index contributed by atoms with van der Waals surface area (Å²) < 4.78 is 5.46. The van der Waals surface area contributed by atoms with Gasteiger partial charge in [0.1, 0.15) is 11.5 Å². The van der Waals surface area contributed by atoms with Crippen molar-refractivity contribution in [3.8, 4) is 0 Å². The van der Waals surface area contributed by atoms with Crippen molar-refractivity contribution >= 4 is 17.7 Å². The van der Waals surface area contributed by atoms with Gasteiger partial charge >= 0.3 is 0 Å². The zero-order valence-corrected chi connectivity index (χ0v) is 16.8. The summed E-state index contributed by atoms with van der Waals surface area (Å²) in [6, 6.07) is 0.128. The molecule has 4 rings (SSSR count). The number of piperazine rings is 1. The van der Waals surface area contributed by atoms with Crippen molar-refractivity contribution in [2.24, 2.45) is 0 Å². The van der Waals surface area contributed by atoms with Crippen molar-refractivity contribution in [1.82, 2.24) is 19.8 Å². The van der Waals surface area contributed by atoms with Gasteiger partial charge in [0.25, 0.3) is 5.91 Å². The molecule has 3 aliphatic heterocycles. The van der Waals surface area contributed by atoms with E-state index in [4.69, 9.17) is 9.72 Å². The maximum atomic E-state index is 13.0. The molecule has 0 atom stereocenters. The quantitative estimate of drug-likeness (QED) is 0.739. The number of morpholine rings is 1. The van der Waals surface area contributed by atoms with Crippen LogP contribution in [0, 0.1) is 0 Å². The number of β-amino-alcohol motifs (C(OH)–C–C–N with tert-alkyl or cyclic N) is 1. The molecule has 0 aliphatic carbocycles. The molecule has 0 bridgehead atoms. The first-order valence-corrected chi connectivity index (χ1v) is 10.2. The van der Waals surface area contributed by atoms with Crippen LogP contribution in [0.15, 0.2) is 0 Å². The van der Waals surface area contributed by atoms with Crippen LogP contribution in [-0.4, -0.2) is 102 Å². The lowest BCUT2D eigenvalue weighted by Crippen LogP contribution is -2.48. The molecule has 1 aromatic rings. The lowest BCUT2D eigenvalue weighted by atomic mass is 10.2. The SMILES string of the molecule is CC(C)N1Cc2c(nc(N3CCOCC3)nc2N2CCN(CCO)CC2)C1=O. The highest BCUT2D eigenvalue weighted by Crippen LogP contribution is 2.33. The van der Waals surface area contributed by atoms with E-state index in [1.807, 2.05) is 18.7 Å². The fourth-order valence-corrected chi connectivity index (χ4v) is 4.07. The molecule has 0 spiro atoms. The average molecular weight is 390 g/mol. The maximum absolute atomic E-state index is 13.0. The Morgan fingerprint density at radius 3 is 2.39 bits per heavy atom. The van der Waals surface area contributed by atoms with Crippen LogP contribution in [0.1, 0.15) is 29.9 Å². The first-order valence-electron chi connectivity index (χ1n) is 10.2. The Hall–Kier alpha value is -1.97. The van der Waals surface area contributed by atoms with E-state index in [9.17, 15) is 9.90 Å². The number of fused-ring (bicyclic) bond motifs is 1. The van der Waals surface area contributed by atoms with Gasteiger partial charge in [-0.1, -0.05) is 0 Å². The second kappa shape index (κ2) is 8.18. The minimum Gasteiger partial charge on any atom is -0.395 e. The number of ether oxygens (including phenoxy) is 1.